The van der Waals surface area contributed by atoms with Crippen LogP contribution >= 0.6 is 0 Å². The van der Waals surface area contributed by atoms with Crippen LogP contribution in [0.15, 0.2) is 36.8 Å². The average Bonchev–Trinajstić information content (AvgIpc) is 3.17. The number of nitrogens with zero attached hydrogens (tertiary/aromatic N) is 5. The van der Waals surface area contributed by atoms with Gasteiger partial charge < -0.3 is 4.57 Å². The molecule has 1 aromatic carbocycles. The number of H-pyrrole nitrogens is 1. The van der Waals surface area contributed by atoms with Crippen LogP contribution in [0.1, 0.15) is 18.3 Å². The first kappa shape index (κ1) is 15.4. The third kappa shape index (κ3) is 3.45. The van der Waals surface area contributed by atoms with Crippen molar-refractivity contribution >= 4 is 0 Å². The SMILES string of the molecule is CCn1cnnc1CN(C)Cc1cn[nH]c1-c1ccc(F)cc1. The van der Waals surface area contributed by atoms with E-state index in [4.69, 9.17) is 0 Å². The molecule has 1 N–H and O–H groups in total. The molecule has 0 atom stereocenters. The minimum absolute atomic E-state index is 0.245. The van der Waals surface area contributed by atoms with Crippen molar-refractivity contribution in [3.8, 4) is 11.3 Å². The molecular formula is C16H19FN6. The monoisotopic (exact) mass is 314 g/mol. The molecule has 120 valence electrons. The molecule has 3 rings (SSSR count). The fourth-order valence-electron chi connectivity index (χ4n) is 2.55. The lowest BCUT2D eigenvalue weighted by atomic mass is 10.1. The highest BCUT2D eigenvalue weighted by Crippen LogP contribution is 2.22. The summed E-state index contributed by atoms with van der Waals surface area (Å²) in [4.78, 5) is 2.15. The highest BCUT2D eigenvalue weighted by atomic mass is 19.1. The normalized spacial score (nSPS) is 11.3. The number of rotatable bonds is 6. The number of benzene rings is 1. The van der Waals surface area contributed by atoms with Crippen LogP contribution in [0.3, 0.4) is 0 Å². The summed E-state index contributed by atoms with van der Waals surface area (Å²) >= 11 is 0. The molecule has 0 aliphatic rings. The lowest BCUT2D eigenvalue weighted by molar-refractivity contribution is 0.305. The number of hydrogen-bond acceptors (Lipinski definition) is 4. The van der Waals surface area contributed by atoms with Crippen molar-refractivity contribution in [1.29, 1.82) is 0 Å². The van der Waals surface area contributed by atoms with Crippen molar-refractivity contribution < 1.29 is 4.39 Å². The zero-order valence-corrected chi connectivity index (χ0v) is 13.2. The molecule has 23 heavy (non-hydrogen) atoms. The van der Waals surface area contributed by atoms with E-state index in [0.29, 0.717) is 13.1 Å². The number of aromatic nitrogens is 5. The second-order valence-electron chi connectivity index (χ2n) is 5.48. The molecule has 0 amide bonds. The molecule has 6 nitrogen and oxygen atoms in total. The van der Waals surface area contributed by atoms with E-state index in [1.807, 2.05) is 11.6 Å². The molecule has 0 unspecified atom stereocenters. The quantitative estimate of drug-likeness (QED) is 0.759. The molecule has 0 fully saturated rings. The Morgan fingerprint density at radius 2 is 2.00 bits per heavy atom. The van der Waals surface area contributed by atoms with Crippen LogP contribution in [0.4, 0.5) is 4.39 Å². The third-order valence-electron chi connectivity index (χ3n) is 3.74. The molecule has 0 spiro atoms. The Bertz CT molecular complexity index is 761. The van der Waals surface area contributed by atoms with E-state index in [2.05, 4.69) is 32.2 Å². The lowest BCUT2D eigenvalue weighted by Gasteiger charge is -2.16. The number of hydrogen-bond donors (Lipinski definition) is 1. The average molecular weight is 314 g/mol. The van der Waals surface area contributed by atoms with Crippen molar-refractivity contribution in [2.45, 2.75) is 26.6 Å². The van der Waals surface area contributed by atoms with E-state index < -0.39 is 0 Å². The molecule has 0 bridgehead atoms. The minimum Gasteiger partial charge on any atom is -0.317 e. The maximum Gasteiger partial charge on any atom is 0.146 e. The van der Waals surface area contributed by atoms with Gasteiger partial charge in [0, 0.05) is 24.2 Å². The van der Waals surface area contributed by atoms with Gasteiger partial charge in [0.05, 0.1) is 18.4 Å². The molecule has 0 aliphatic carbocycles. The highest BCUT2D eigenvalue weighted by Gasteiger charge is 2.12. The van der Waals surface area contributed by atoms with Crippen LogP contribution in [0.5, 0.6) is 0 Å². The summed E-state index contributed by atoms with van der Waals surface area (Å²) < 4.78 is 15.1. The second-order valence-corrected chi connectivity index (χ2v) is 5.48. The highest BCUT2D eigenvalue weighted by molar-refractivity contribution is 5.62. The van der Waals surface area contributed by atoms with Gasteiger partial charge in [0.25, 0.3) is 0 Å². The summed E-state index contributed by atoms with van der Waals surface area (Å²) in [6, 6.07) is 6.40. The first-order chi connectivity index (χ1) is 11.2. The van der Waals surface area contributed by atoms with Gasteiger partial charge >= 0.3 is 0 Å². The Hall–Kier alpha value is -2.54. The summed E-state index contributed by atoms with van der Waals surface area (Å²) in [6.07, 6.45) is 3.55. The largest absolute Gasteiger partial charge is 0.317 e. The van der Waals surface area contributed by atoms with Gasteiger partial charge in [-0.1, -0.05) is 0 Å². The topological polar surface area (TPSA) is 62.6 Å². The lowest BCUT2D eigenvalue weighted by Crippen LogP contribution is -2.20. The second kappa shape index (κ2) is 6.70. The van der Waals surface area contributed by atoms with Gasteiger partial charge in [-0.2, -0.15) is 5.10 Å². The van der Waals surface area contributed by atoms with Crippen LogP contribution in [-0.4, -0.2) is 36.9 Å². The van der Waals surface area contributed by atoms with E-state index in [9.17, 15) is 4.39 Å². The Morgan fingerprint density at radius 1 is 1.22 bits per heavy atom. The van der Waals surface area contributed by atoms with Crippen molar-refractivity contribution in [1.82, 2.24) is 29.9 Å². The fraction of sp³-hybridized carbons (Fsp3) is 0.312. The van der Waals surface area contributed by atoms with E-state index in [1.54, 1.807) is 24.7 Å². The van der Waals surface area contributed by atoms with Gasteiger partial charge in [0.15, 0.2) is 0 Å². The van der Waals surface area contributed by atoms with Crippen LogP contribution in [0, 0.1) is 5.82 Å². The summed E-state index contributed by atoms with van der Waals surface area (Å²) in [5, 5.41) is 15.2. The van der Waals surface area contributed by atoms with E-state index in [-0.39, 0.29) is 5.82 Å². The van der Waals surface area contributed by atoms with Crippen molar-refractivity contribution in [3.05, 3.63) is 54.0 Å². The van der Waals surface area contributed by atoms with Crippen LogP contribution < -0.4 is 0 Å². The molecule has 0 aliphatic heterocycles. The van der Waals surface area contributed by atoms with Crippen LogP contribution in [0.25, 0.3) is 11.3 Å². The zero-order chi connectivity index (χ0) is 16.2. The summed E-state index contributed by atoms with van der Waals surface area (Å²) in [5.74, 6) is 0.688. The van der Waals surface area contributed by atoms with Crippen LogP contribution in [0.2, 0.25) is 0 Å². The number of aryl methyl sites for hydroxylation is 1. The number of nitrogens with one attached hydrogen (secondary N) is 1. The molecular weight excluding hydrogens is 295 g/mol. The van der Waals surface area contributed by atoms with Crippen molar-refractivity contribution in [2.24, 2.45) is 0 Å². The molecule has 2 heterocycles. The fourth-order valence-corrected chi connectivity index (χ4v) is 2.55. The summed E-state index contributed by atoms with van der Waals surface area (Å²) in [7, 11) is 2.02. The van der Waals surface area contributed by atoms with Crippen molar-refractivity contribution in [2.75, 3.05) is 7.05 Å². The first-order valence-corrected chi connectivity index (χ1v) is 7.50. The molecule has 0 radical (unpaired) electrons. The predicted octanol–water partition coefficient (Wildman–Crippen LogP) is 2.46. The number of halogens is 1. The van der Waals surface area contributed by atoms with Gasteiger partial charge in [-0.3, -0.25) is 10.00 Å². The third-order valence-corrected chi connectivity index (χ3v) is 3.74. The molecule has 0 saturated carbocycles. The van der Waals surface area contributed by atoms with Gasteiger partial charge in [0.1, 0.15) is 18.0 Å². The van der Waals surface area contributed by atoms with Gasteiger partial charge in [-0.15, -0.1) is 10.2 Å². The first-order valence-electron chi connectivity index (χ1n) is 7.50. The standard InChI is InChI=1S/C16H19FN6/c1-3-23-11-19-20-15(23)10-22(2)9-13-8-18-21-16(13)12-4-6-14(17)7-5-12/h4-8,11H,3,9-10H2,1-2H3,(H,18,21). The Morgan fingerprint density at radius 3 is 2.74 bits per heavy atom. The minimum atomic E-state index is -0.245. The van der Waals surface area contributed by atoms with Crippen LogP contribution in [-0.2, 0) is 19.6 Å². The summed E-state index contributed by atoms with van der Waals surface area (Å²) in [6.45, 7) is 4.32. The smallest absolute Gasteiger partial charge is 0.146 e. The Balaban J connectivity index is 1.73. The van der Waals surface area contributed by atoms with E-state index >= 15 is 0 Å². The predicted molar refractivity (Wildman–Crippen MR) is 84.8 cm³/mol. The zero-order valence-electron chi connectivity index (χ0n) is 13.2. The van der Waals surface area contributed by atoms with E-state index in [1.165, 1.54) is 12.1 Å². The number of aromatic amines is 1. The van der Waals surface area contributed by atoms with Gasteiger partial charge in [-0.25, -0.2) is 4.39 Å². The molecule has 0 saturated heterocycles. The van der Waals surface area contributed by atoms with Crippen molar-refractivity contribution in [3.63, 3.8) is 0 Å². The van der Waals surface area contributed by atoms with Gasteiger partial charge in [0.2, 0.25) is 0 Å². The Kier molecular flexibility index (Phi) is 4.47. The molecule has 3 aromatic rings. The van der Waals surface area contributed by atoms with E-state index in [0.717, 1.165) is 29.2 Å². The maximum absolute atomic E-state index is 13.1. The Labute approximate surface area is 134 Å². The van der Waals surface area contributed by atoms with Gasteiger partial charge in [-0.05, 0) is 38.2 Å². The summed E-state index contributed by atoms with van der Waals surface area (Å²) in [5.41, 5.74) is 2.89. The maximum atomic E-state index is 13.1. The molecule has 2 aromatic heterocycles. The molecule has 7 heteroatoms.